The molecule has 4 rings (SSSR count). The smallest absolute Gasteiger partial charge is 0.245 e. The first-order valence-electron chi connectivity index (χ1n) is 12.7. The lowest BCUT2D eigenvalue weighted by Crippen LogP contribution is -2.54. The van der Waals surface area contributed by atoms with Crippen LogP contribution >= 0.6 is 0 Å². The van der Waals surface area contributed by atoms with Gasteiger partial charge in [0.15, 0.2) is 11.5 Å². The van der Waals surface area contributed by atoms with E-state index in [1.165, 1.54) is 12.0 Å². The number of carbonyl (C=O) groups excluding carboxylic acids is 4. The number of methoxy groups -OCH3 is 1. The van der Waals surface area contributed by atoms with Crippen molar-refractivity contribution >= 4 is 23.6 Å². The van der Waals surface area contributed by atoms with Crippen molar-refractivity contribution in [3.05, 3.63) is 30.6 Å². The second kappa shape index (κ2) is 12.0. The Morgan fingerprint density at radius 2 is 1.97 bits per heavy atom. The third-order valence-corrected chi connectivity index (χ3v) is 6.61. The highest BCUT2D eigenvalue weighted by atomic mass is 16.5. The van der Waals surface area contributed by atoms with Crippen molar-refractivity contribution in [3.63, 3.8) is 0 Å². The van der Waals surface area contributed by atoms with Crippen molar-refractivity contribution in [2.75, 3.05) is 33.4 Å². The monoisotopic (exact) mass is 526 g/mol. The number of benzene rings is 1. The van der Waals surface area contributed by atoms with Crippen LogP contribution in [-0.4, -0.2) is 83.5 Å². The van der Waals surface area contributed by atoms with Crippen molar-refractivity contribution in [2.24, 2.45) is 5.92 Å². The van der Waals surface area contributed by atoms with Crippen molar-refractivity contribution < 1.29 is 28.7 Å². The summed E-state index contributed by atoms with van der Waals surface area (Å²) in [6, 6.07) is 3.97. The van der Waals surface area contributed by atoms with Crippen LogP contribution in [0.25, 0.3) is 11.4 Å². The number of hydrogen-bond donors (Lipinski definition) is 3. The topological polar surface area (TPSA) is 144 Å². The van der Waals surface area contributed by atoms with Crippen molar-refractivity contribution in [1.29, 1.82) is 0 Å². The molecule has 2 aliphatic rings. The molecular weight excluding hydrogens is 492 g/mol. The average Bonchev–Trinajstić information content (AvgIpc) is 3.54. The summed E-state index contributed by atoms with van der Waals surface area (Å²) in [5, 5.41) is 8.32. The molecule has 0 spiro atoms. The Morgan fingerprint density at radius 1 is 1.16 bits per heavy atom. The number of nitrogens with one attached hydrogen (secondary N) is 3. The predicted molar refractivity (Wildman–Crippen MR) is 137 cm³/mol. The minimum absolute atomic E-state index is 0.0715. The molecular formula is C26H34N6O6. The number of ether oxygens (including phenoxy) is 2. The van der Waals surface area contributed by atoms with Crippen LogP contribution in [0.5, 0.6) is 11.5 Å². The number of nitrogens with zero attached hydrogens (tertiary/aromatic N) is 3. The maximum absolute atomic E-state index is 13.2. The van der Waals surface area contributed by atoms with Crippen molar-refractivity contribution in [3.8, 4) is 22.9 Å². The number of rotatable bonds is 3. The standard InChI is InChI=1S/C26H34N6O6/c1-16(2)23-25(35)28-9-11-31-10-8-27-24(31)17-4-6-19(37-3)20(14-17)38-13-12-32(15-22(34)30-23)26(36)18-5-7-21(33)29-18/h4,6,8,10,14,16,18,23H,5,7,9,11-13,15H2,1-3H3,(H,28,35)(H,29,33)(H,30,34)/t18-,23-/m1/s1. The Bertz CT molecular complexity index is 1190. The Hall–Kier alpha value is -4.09. The zero-order chi connectivity index (χ0) is 27.2. The molecule has 1 aromatic heterocycles. The predicted octanol–water partition coefficient (Wildman–Crippen LogP) is 0.315. The van der Waals surface area contributed by atoms with Crippen LogP contribution in [0.4, 0.5) is 0 Å². The molecule has 1 saturated heterocycles. The first-order chi connectivity index (χ1) is 18.3. The van der Waals surface area contributed by atoms with E-state index in [-0.39, 0.29) is 49.8 Å². The highest BCUT2D eigenvalue weighted by Gasteiger charge is 2.33. The molecule has 3 N–H and O–H groups in total. The number of aromatic nitrogens is 2. The summed E-state index contributed by atoms with van der Waals surface area (Å²) in [5.74, 6) is 0.122. The quantitative estimate of drug-likeness (QED) is 0.522. The van der Waals surface area contributed by atoms with E-state index in [4.69, 9.17) is 9.47 Å². The Morgan fingerprint density at radius 3 is 2.68 bits per heavy atom. The number of imidazole rings is 1. The summed E-state index contributed by atoms with van der Waals surface area (Å²) in [7, 11) is 1.54. The fourth-order valence-corrected chi connectivity index (χ4v) is 4.57. The molecule has 0 unspecified atom stereocenters. The van der Waals surface area contributed by atoms with E-state index in [2.05, 4.69) is 20.9 Å². The number of fused-ring (bicyclic) bond motifs is 4. The first kappa shape index (κ1) is 27.0. The summed E-state index contributed by atoms with van der Waals surface area (Å²) in [5.41, 5.74) is 0.792. The summed E-state index contributed by atoms with van der Waals surface area (Å²) < 4.78 is 13.4. The molecule has 38 heavy (non-hydrogen) atoms. The van der Waals surface area contributed by atoms with Crippen LogP contribution in [0.2, 0.25) is 0 Å². The minimum atomic E-state index is -0.779. The molecule has 1 fully saturated rings. The lowest BCUT2D eigenvalue weighted by molar-refractivity contribution is -0.139. The van der Waals surface area contributed by atoms with Gasteiger partial charge in [0.2, 0.25) is 23.6 Å². The van der Waals surface area contributed by atoms with Gasteiger partial charge in [-0.3, -0.25) is 19.2 Å². The average molecular weight is 527 g/mol. The third-order valence-electron chi connectivity index (χ3n) is 6.61. The minimum Gasteiger partial charge on any atom is -0.493 e. The van der Waals surface area contributed by atoms with Gasteiger partial charge in [-0.15, -0.1) is 0 Å². The summed E-state index contributed by atoms with van der Waals surface area (Å²) in [6.45, 7) is 4.35. The maximum atomic E-state index is 13.2. The van der Waals surface area contributed by atoms with E-state index in [0.717, 1.165) is 5.56 Å². The SMILES string of the molecule is COc1ccc2cc1OCCN(C(=O)[C@H]1CCC(=O)N1)CC(=O)N[C@H](C(C)C)C(=O)NCCn1ccnc1-2. The first-order valence-corrected chi connectivity index (χ1v) is 12.7. The molecule has 2 atom stereocenters. The van der Waals surface area contributed by atoms with Gasteiger partial charge in [0, 0.05) is 37.5 Å². The fraction of sp³-hybridized carbons (Fsp3) is 0.500. The molecule has 1 aromatic carbocycles. The molecule has 0 aliphatic carbocycles. The molecule has 2 aromatic rings. The lowest BCUT2D eigenvalue weighted by Gasteiger charge is -2.27. The van der Waals surface area contributed by atoms with Crippen LogP contribution in [0, 0.1) is 5.92 Å². The highest BCUT2D eigenvalue weighted by Crippen LogP contribution is 2.32. The number of carbonyl (C=O) groups is 4. The van der Waals surface area contributed by atoms with E-state index < -0.39 is 18.0 Å². The molecule has 4 amide bonds. The maximum Gasteiger partial charge on any atom is 0.245 e. The van der Waals surface area contributed by atoms with Gasteiger partial charge >= 0.3 is 0 Å². The van der Waals surface area contributed by atoms with Gasteiger partial charge in [0.1, 0.15) is 24.5 Å². The van der Waals surface area contributed by atoms with Gasteiger partial charge in [-0.05, 0) is 30.5 Å². The number of amides is 4. The number of hydrogen-bond acceptors (Lipinski definition) is 7. The molecule has 2 aliphatic heterocycles. The van der Waals surface area contributed by atoms with E-state index in [9.17, 15) is 19.2 Å². The van der Waals surface area contributed by atoms with Crippen LogP contribution in [0.15, 0.2) is 30.6 Å². The van der Waals surface area contributed by atoms with Crippen LogP contribution in [-0.2, 0) is 25.7 Å². The second-order valence-corrected chi connectivity index (χ2v) is 9.66. The molecule has 0 saturated carbocycles. The molecule has 204 valence electrons. The largest absolute Gasteiger partial charge is 0.493 e. The van der Waals surface area contributed by atoms with Gasteiger partial charge in [0.05, 0.1) is 20.2 Å². The molecule has 12 heteroatoms. The van der Waals surface area contributed by atoms with Crippen LogP contribution in [0.3, 0.4) is 0 Å². The van der Waals surface area contributed by atoms with Gasteiger partial charge < -0.3 is 34.9 Å². The Balaban J connectivity index is 1.63. The lowest BCUT2D eigenvalue weighted by atomic mass is 10.0. The molecule has 0 radical (unpaired) electrons. The highest BCUT2D eigenvalue weighted by molar-refractivity contribution is 5.94. The summed E-state index contributed by atoms with van der Waals surface area (Å²) in [6.07, 6.45) is 4.12. The van der Waals surface area contributed by atoms with Crippen LogP contribution < -0.4 is 25.4 Å². The summed E-state index contributed by atoms with van der Waals surface area (Å²) in [4.78, 5) is 56.7. The van der Waals surface area contributed by atoms with Crippen LogP contribution in [0.1, 0.15) is 26.7 Å². The molecule has 12 nitrogen and oxygen atoms in total. The zero-order valence-electron chi connectivity index (χ0n) is 21.9. The zero-order valence-corrected chi connectivity index (χ0v) is 21.9. The Labute approximate surface area is 221 Å². The Kier molecular flexibility index (Phi) is 8.49. The third kappa shape index (κ3) is 6.24. The van der Waals surface area contributed by atoms with E-state index in [0.29, 0.717) is 36.8 Å². The van der Waals surface area contributed by atoms with Crippen molar-refractivity contribution in [1.82, 2.24) is 30.4 Å². The van der Waals surface area contributed by atoms with Crippen molar-refractivity contribution in [2.45, 2.75) is 45.3 Å². The van der Waals surface area contributed by atoms with Gasteiger partial charge in [-0.2, -0.15) is 0 Å². The fourth-order valence-electron chi connectivity index (χ4n) is 4.57. The van der Waals surface area contributed by atoms with Gasteiger partial charge in [0.25, 0.3) is 0 Å². The van der Waals surface area contributed by atoms with E-state index in [1.807, 2.05) is 30.7 Å². The second-order valence-electron chi connectivity index (χ2n) is 9.66. The van der Waals surface area contributed by atoms with E-state index in [1.54, 1.807) is 18.3 Å². The van der Waals surface area contributed by atoms with Gasteiger partial charge in [-0.25, -0.2) is 4.98 Å². The van der Waals surface area contributed by atoms with E-state index >= 15 is 0 Å². The van der Waals surface area contributed by atoms with Gasteiger partial charge in [-0.1, -0.05) is 13.8 Å². The molecule has 3 heterocycles. The normalized spacial score (nSPS) is 21.1. The summed E-state index contributed by atoms with van der Waals surface area (Å²) >= 11 is 0. The molecule has 2 bridgehead atoms.